The van der Waals surface area contributed by atoms with Gasteiger partial charge in [0.2, 0.25) is 0 Å². The quantitative estimate of drug-likeness (QED) is 0.805. The molecule has 1 heterocycles. The number of rotatable bonds is 3. The summed E-state index contributed by atoms with van der Waals surface area (Å²) >= 11 is 0. The number of aromatic nitrogens is 1. The zero-order chi connectivity index (χ0) is 10.8. The van der Waals surface area contributed by atoms with Gasteiger partial charge in [-0.2, -0.15) is 0 Å². The van der Waals surface area contributed by atoms with Crippen molar-refractivity contribution < 1.29 is 9.90 Å². The Kier molecular flexibility index (Phi) is 2.46. The molecular weight excluding hydrogens is 190 g/mol. The Bertz CT molecular complexity index is 499. The van der Waals surface area contributed by atoms with Gasteiger partial charge in [0.15, 0.2) is 0 Å². The van der Waals surface area contributed by atoms with Gasteiger partial charge in [0.25, 0.3) is 0 Å². The second-order valence-corrected chi connectivity index (χ2v) is 3.60. The van der Waals surface area contributed by atoms with Crippen molar-refractivity contribution in [3.05, 3.63) is 35.5 Å². The van der Waals surface area contributed by atoms with Crippen molar-refractivity contribution in [1.82, 2.24) is 4.98 Å². The van der Waals surface area contributed by atoms with E-state index >= 15 is 0 Å². The van der Waals surface area contributed by atoms with Gasteiger partial charge in [0, 0.05) is 17.1 Å². The van der Waals surface area contributed by atoms with Crippen LogP contribution in [0.25, 0.3) is 10.9 Å². The molecule has 1 aromatic heterocycles. The van der Waals surface area contributed by atoms with Gasteiger partial charge in [-0.15, -0.1) is 0 Å². The van der Waals surface area contributed by atoms with Gasteiger partial charge >= 0.3 is 5.97 Å². The lowest BCUT2D eigenvalue weighted by Crippen LogP contribution is -1.93. The molecule has 2 aromatic rings. The van der Waals surface area contributed by atoms with Gasteiger partial charge in [0.05, 0.1) is 5.56 Å². The van der Waals surface area contributed by atoms with Crippen molar-refractivity contribution in [3.63, 3.8) is 0 Å². The number of carbonyl (C=O) groups is 1. The Morgan fingerprint density at radius 3 is 2.93 bits per heavy atom. The van der Waals surface area contributed by atoms with Crippen molar-refractivity contribution in [3.8, 4) is 0 Å². The molecule has 0 fully saturated rings. The molecule has 3 nitrogen and oxygen atoms in total. The van der Waals surface area contributed by atoms with Gasteiger partial charge in [-0.25, -0.2) is 4.79 Å². The fraction of sp³-hybridized carbons (Fsp3) is 0.250. The lowest BCUT2D eigenvalue weighted by Gasteiger charge is -2.00. The highest BCUT2D eigenvalue weighted by atomic mass is 16.4. The Morgan fingerprint density at radius 2 is 2.27 bits per heavy atom. The minimum atomic E-state index is -0.880. The summed E-state index contributed by atoms with van der Waals surface area (Å²) in [5.41, 5.74) is 2.49. The van der Waals surface area contributed by atoms with Crippen LogP contribution >= 0.6 is 0 Å². The molecule has 78 valence electrons. The van der Waals surface area contributed by atoms with Crippen molar-refractivity contribution in [2.75, 3.05) is 0 Å². The number of carboxylic acids is 1. The van der Waals surface area contributed by atoms with Crippen LogP contribution in [-0.2, 0) is 6.42 Å². The maximum absolute atomic E-state index is 10.9. The topological polar surface area (TPSA) is 53.1 Å². The molecule has 0 saturated heterocycles. The molecule has 0 aliphatic heterocycles. The highest BCUT2D eigenvalue weighted by Crippen LogP contribution is 2.22. The van der Waals surface area contributed by atoms with Gasteiger partial charge in [-0.05, 0) is 12.0 Å². The summed E-state index contributed by atoms with van der Waals surface area (Å²) in [7, 11) is 0. The van der Waals surface area contributed by atoms with Crippen molar-refractivity contribution >= 4 is 16.9 Å². The molecule has 0 aliphatic rings. The summed E-state index contributed by atoms with van der Waals surface area (Å²) < 4.78 is 0. The number of hydrogen-bond donors (Lipinski definition) is 2. The van der Waals surface area contributed by atoms with Crippen LogP contribution in [0.4, 0.5) is 0 Å². The highest BCUT2D eigenvalue weighted by molar-refractivity contribution is 6.03. The molecule has 15 heavy (non-hydrogen) atoms. The first-order chi connectivity index (χ1) is 7.24. The van der Waals surface area contributed by atoms with Gasteiger partial charge in [0.1, 0.15) is 0 Å². The van der Waals surface area contributed by atoms with E-state index in [1.165, 1.54) is 5.56 Å². The van der Waals surface area contributed by atoms with Crippen LogP contribution in [0.3, 0.4) is 0 Å². The molecule has 0 atom stereocenters. The Morgan fingerprint density at radius 1 is 1.47 bits per heavy atom. The number of hydrogen-bond acceptors (Lipinski definition) is 1. The van der Waals surface area contributed by atoms with E-state index in [9.17, 15) is 4.79 Å². The first kappa shape index (κ1) is 9.77. The first-order valence-corrected chi connectivity index (χ1v) is 5.06. The van der Waals surface area contributed by atoms with E-state index in [1.807, 2.05) is 18.2 Å². The summed E-state index contributed by atoms with van der Waals surface area (Å²) in [6, 6.07) is 5.79. The SMILES string of the molecule is CCCc1cccc2c(C(=O)O)c[nH]c12. The van der Waals surface area contributed by atoms with E-state index < -0.39 is 5.97 Å². The number of fused-ring (bicyclic) bond motifs is 1. The van der Waals surface area contributed by atoms with Crippen LogP contribution in [0.5, 0.6) is 0 Å². The molecule has 0 amide bonds. The molecule has 2 rings (SSSR count). The molecule has 3 heteroatoms. The third-order valence-electron chi connectivity index (χ3n) is 2.55. The van der Waals surface area contributed by atoms with Crippen molar-refractivity contribution in [2.24, 2.45) is 0 Å². The van der Waals surface area contributed by atoms with Crippen LogP contribution in [0.15, 0.2) is 24.4 Å². The second-order valence-electron chi connectivity index (χ2n) is 3.60. The molecular formula is C12H13NO2. The van der Waals surface area contributed by atoms with Crippen molar-refractivity contribution in [1.29, 1.82) is 0 Å². The fourth-order valence-electron chi connectivity index (χ4n) is 1.87. The number of H-pyrrole nitrogens is 1. The average molecular weight is 203 g/mol. The fourth-order valence-corrected chi connectivity index (χ4v) is 1.87. The third kappa shape index (κ3) is 1.61. The molecule has 0 aliphatic carbocycles. The standard InChI is InChI=1S/C12H13NO2/c1-2-4-8-5-3-6-9-10(12(14)15)7-13-11(8)9/h3,5-7,13H,2,4H2,1H3,(H,14,15). The maximum atomic E-state index is 10.9. The number of carboxylic acid groups (broad SMARTS) is 1. The summed E-state index contributed by atoms with van der Waals surface area (Å²) in [5, 5.41) is 9.77. The van der Waals surface area contributed by atoms with Gasteiger partial charge in [-0.1, -0.05) is 31.5 Å². The predicted octanol–water partition coefficient (Wildman–Crippen LogP) is 2.82. The van der Waals surface area contributed by atoms with Crippen LogP contribution in [0, 0.1) is 0 Å². The minimum absolute atomic E-state index is 0.350. The summed E-state index contributed by atoms with van der Waals surface area (Å²) in [6.45, 7) is 2.11. The largest absolute Gasteiger partial charge is 0.478 e. The molecule has 0 radical (unpaired) electrons. The normalized spacial score (nSPS) is 10.7. The Balaban J connectivity index is 2.63. The molecule has 1 aromatic carbocycles. The smallest absolute Gasteiger partial charge is 0.337 e. The number of para-hydroxylation sites is 1. The van der Waals surface area contributed by atoms with Crippen LogP contribution in [0.1, 0.15) is 29.3 Å². The summed E-state index contributed by atoms with van der Waals surface area (Å²) in [5.74, 6) is -0.880. The van der Waals surface area contributed by atoms with E-state index in [2.05, 4.69) is 11.9 Å². The molecule has 0 bridgehead atoms. The number of aryl methyl sites for hydroxylation is 1. The number of benzene rings is 1. The lowest BCUT2D eigenvalue weighted by atomic mass is 10.1. The summed E-state index contributed by atoms with van der Waals surface area (Å²) in [4.78, 5) is 14.0. The Hall–Kier alpha value is -1.77. The highest BCUT2D eigenvalue weighted by Gasteiger charge is 2.11. The monoisotopic (exact) mass is 203 g/mol. The molecule has 0 saturated carbocycles. The molecule has 0 unspecified atom stereocenters. The predicted molar refractivity (Wildman–Crippen MR) is 59.3 cm³/mol. The number of nitrogens with one attached hydrogen (secondary N) is 1. The number of aromatic amines is 1. The van der Waals surface area contributed by atoms with Gasteiger partial charge < -0.3 is 10.1 Å². The van der Waals surface area contributed by atoms with E-state index in [4.69, 9.17) is 5.11 Å². The Labute approximate surface area is 87.7 Å². The van der Waals surface area contributed by atoms with Crippen LogP contribution in [0.2, 0.25) is 0 Å². The van der Waals surface area contributed by atoms with E-state index in [-0.39, 0.29) is 0 Å². The summed E-state index contributed by atoms with van der Waals surface area (Å²) in [6.07, 6.45) is 3.59. The zero-order valence-electron chi connectivity index (χ0n) is 8.58. The van der Waals surface area contributed by atoms with Gasteiger partial charge in [-0.3, -0.25) is 0 Å². The minimum Gasteiger partial charge on any atom is -0.478 e. The average Bonchev–Trinajstić information content (AvgIpc) is 2.62. The molecule has 2 N–H and O–H groups in total. The third-order valence-corrected chi connectivity index (χ3v) is 2.55. The van der Waals surface area contributed by atoms with E-state index in [1.54, 1.807) is 6.20 Å². The van der Waals surface area contributed by atoms with E-state index in [0.29, 0.717) is 5.56 Å². The van der Waals surface area contributed by atoms with Crippen LogP contribution in [-0.4, -0.2) is 16.1 Å². The van der Waals surface area contributed by atoms with Crippen LogP contribution < -0.4 is 0 Å². The first-order valence-electron chi connectivity index (χ1n) is 5.06. The zero-order valence-corrected chi connectivity index (χ0v) is 8.58. The molecule has 0 spiro atoms. The second kappa shape index (κ2) is 3.77. The lowest BCUT2D eigenvalue weighted by molar-refractivity contribution is 0.0699. The van der Waals surface area contributed by atoms with E-state index in [0.717, 1.165) is 23.7 Å². The number of aromatic carboxylic acids is 1. The van der Waals surface area contributed by atoms with Crippen molar-refractivity contribution in [2.45, 2.75) is 19.8 Å². The maximum Gasteiger partial charge on any atom is 0.337 e.